The molecule has 0 nitrogen and oxygen atoms in total. The molecule has 1 atom stereocenters. The Labute approximate surface area is 66.6 Å². The first-order valence-electron chi connectivity index (χ1n) is 3.49. The SMILES string of the molecule is CC[C@H](C)SSC(C)C. The maximum atomic E-state index is 2.28. The van der Waals surface area contributed by atoms with Gasteiger partial charge in [0.05, 0.1) is 0 Å². The van der Waals surface area contributed by atoms with Crippen LogP contribution < -0.4 is 0 Å². The topological polar surface area (TPSA) is 0 Å². The molecule has 0 unspecified atom stereocenters. The Kier molecular flexibility index (Phi) is 5.91. The molecule has 9 heavy (non-hydrogen) atoms. The van der Waals surface area contributed by atoms with Crippen molar-refractivity contribution in [3.63, 3.8) is 0 Å². The Morgan fingerprint density at radius 1 is 1.11 bits per heavy atom. The maximum Gasteiger partial charge on any atom is 0.0120 e. The van der Waals surface area contributed by atoms with Gasteiger partial charge in [-0.3, -0.25) is 0 Å². The molecule has 0 aromatic carbocycles. The first-order valence-corrected chi connectivity index (χ1v) is 5.76. The molecule has 0 fully saturated rings. The Morgan fingerprint density at radius 2 is 1.67 bits per heavy atom. The van der Waals surface area contributed by atoms with Gasteiger partial charge in [-0.05, 0) is 6.42 Å². The van der Waals surface area contributed by atoms with Gasteiger partial charge in [0.1, 0.15) is 0 Å². The van der Waals surface area contributed by atoms with Crippen molar-refractivity contribution in [1.29, 1.82) is 0 Å². The lowest BCUT2D eigenvalue weighted by Gasteiger charge is -2.08. The fourth-order valence-electron chi connectivity index (χ4n) is 0.274. The van der Waals surface area contributed by atoms with Crippen LogP contribution in [-0.4, -0.2) is 10.5 Å². The zero-order chi connectivity index (χ0) is 7.28. The standard InChI is InChI=1S/C7H16S2/c1-5-7(4)9-8-6(2)3/h6-7H,5H2,1-4H3/t7-/m0/s1. The van der Waals surface area contributed by atoms with Crippen molar-refractivity contribution in [2.45, 2.75) is 44.6 Å². The van der Waals surface area contributed by atoms with Crippen LogP contribution in [0.2, 0.25) is 0 Å². The zero-order valence-electron chi connectivity index (χ0n) is 6.68. The Morgan fingerprint density at radius 3 is 2.00 bits per heavy atom. The highest BCUT2D eigenvalue weighted by molar-refractivity contribution is 8.77. The molecule has 56 valence electrons. The monoisotopic (exact) mass is 164 g/mol. The molecule has 0 saturated heterocycles. The van der Waals surface area contributed by atoms with Crippen molar-refractivity contribution in [1.82, 2.24) is 0 Å². The van der Waals surface area contributed by atoms with Gasteiger partial charge < -0.3 is 0 Å². The molecule has 0 heterocycles. The first-order chi connectivity index (χ1) is 4.16. The van der Waals surface area contributed by atoms with Crippen LogP contribution in [0.4, 0.5) is 0 Å². The Bertz CT molecular complexity index is 61.9. The molecule has 0 bridgehead atoms. The van der Waals surface area contributed by atoms with Crippen LogP contribution in [0.25, 0.3) is 0 Å². The smallest absolute Gasteiger partial charge is 0.0120 e. The second-order valence-electron chi connectivity index (χ2n) is 2.46. The zero-order valence-corrected chi connectivity index (χ0v) is 8.31. The third kappa shape index (κ3) is 6.59. The van der Waals surface area contributed by atoms with Gasteiger partial charge in [-0.1, -0.05) is 49.3 Å². The van der Waals surface area contributed by atoms with Crippen molar-refractivity contribution in [2.24, 2.45) is 0 Å². The molecule has 0 amide bonds. The van der Waals surface area contributed by atoms with E-state index in [1.165, 1.54) is 6.42 Å². The van der Waals surface area contributed by atoms with Gasteiger partial charge in [0, 0.05) is 10.5 Å². The van der Waals surface area contributed by atoms with E-state index in [0.29, 0.717) is 0 Å². The van der Waals surface area contributed by atoms with Crippen molar-refractivity contribution in [3.05, 3.63) is 0 Å². The summed E-state index contributed by atoms with van der Waals surface area (Å²) in [6, 6.07) is 0. The number of hydrogen-bond donors (Lipinski definition) is 0. The van der Waals surface area contributed by atoms with Crippen LogP contribution in [0, 0.1) is 0 Å². The van der Waals surface area contributed by atoms with Gasteiger partial charge >= 0.3 is 0 Å². The maximum absolute atomic E-state index is 2.28. The molecule has 0 aliphatic rings. The molecule has 0 spiro atoms. The molecule has 0 aromatic rings. The summed E-state index contributed by atoms with van der Waals surface area (Å²) in [5.74, 6) is 0. The van der Waals surface area contributed by atoms with E-state index in [9.17, 15) is 0 Å². The van der Waals surface area contributed by atoms with E-state index in [4.69, 9.17) is 0 Å². The van der Waals surface area contributed by atoms with E-state index in [-0.39, 0.29) is 0 Å². The normalized spacial score (nSPS) is 14.3. The molecule has 0 N–H and O–H groups in total. The van der Waals surface area contributed by atoms with Crippen LogP contribution in [0.1, 0.15) is 34.1 Å². The molecule has 0 saturated carbocycles. The average molecular weight is 164 g/mol. The van der Waals surface area contributed by atoms with Crippen LogP contribution in [0.15, 0.2) is 0 Å². The third-order valence-corrected chi connectivity index (χ3v) is 4.62. The number of rotatable bonds is 4. The minimum absolute atomic E-state index is 0.768. The van der Waals surface area contributed by atoms with E-state index in [1.54, 1.807) is 0 Å². The lowest BCUT2D eigenvalue weighted by molar-refractivity contribution is 0.912. The van der Waals surface area contributed by atoms with Crippen LogP contribution in [0.5, 0.6) is 0 Å². The highest BCUT2D eigenvalue weighted by Crippen LogP contribution is 2.31. The van der Waals surface area contributed by atoms with Crippen molar-refractivity contribution in [2.75, 3.05) is 0 Å². The summed E-state index contributed by atoms with van der Waals surface area (Å²) < 4.78 is 0. The predicted molar refractivity (Wildman–Crippen MR) is 50.1 cm³/mol. The lowest BCUT2D eigenvalue weighted by atomic mass is 10.4. The molecule has 0 aliphatic heterocycles. The third-order valence-electron chi connectivity index (χ3n) is 0.987. The summed E-state index contributed by atoms with van der Waals surface area (Å²) in [4.78, 5) is 0. The Hall–Kier alpha value is 0.700. The molecule has 0 aliphatic carbocycles. The minimum Gasteiger partial charge on any atom is -0.0910 e. The summed E-state index contributed by atoms with van der Waals surface area (Å²) in [5, 5.41) is 1.58. The van der Waals surface area contributed by atoms with E-state index in [1.807, 2.05) is 21.6 Å². The minimum atomic E-state index is 0.768. The second kappa shape index (κ2) is 5.48. The second-order valence-corrected chi connectivity index (χ2v) is 5.75. The van der Waals surface area contributed by atoms with Crippen molar-refractivity contribution < 1.29 is 0 Å². The highest BCUT2D eigenvalue weighted by Gasteiger charge is 2.00. The van der Waals surface area contributed by atoms with E-state index in [2.05, 4.69) is 27.7 Å². The average Bonchev–Trinajstić information content (AvgIpc) is 1.83. The summed E-state index contributed by atoms with van der Waals surface area (Å²) in [5.41, 5.74) is 0. The molecule has 0 aromatic heterocycles. The van der Waals surface area contributed by atoms with Crippen molar-refractivity contribution in [3.8, 4) is 0 Å². The van der Waals surface area contributed by atoms with Crippen molar-refractivity contribution >= 4 is 21.6 Å². The molecular formula is C7H16S2. The van der Waals surface area contributed by atoms with Gasteiger partial charge in [-0.25, -0.2) is 0 Å². The van der Waals surface area contributed by atoms with Crippen LogP contribution >= 0.6 is 21.6 Å². The first kappa shape index (κ1) is 9.70. The summed E-state index contributed by atoms with van der Waals surface area (Å²) >= 11 is 0. The summed E-state index contributed by atoms with van der Waals surface area (Å²) in [7, 11) is 3.98. The molecule has 0 radical (unpaired) electrons. The van der Waals surface area contributed by atoms with Gasteiger partial charge in [0.25, 0.3) is 0 Å². The quantitative estimate of drug-likeness (QED) is 0.583. The predicted octanol–water partition coefficient (Wildman–Crippen LogP) is 3.57. The van der Waals surface area contributed by atoms with Crippen LogP contribution in [-0.2, 0) is 0 Å². The summed E-state index contributed by atoms with van der Waals surface area (Å²) in [6.45, 7) is 8.98. The number of hydrogen-bond acceptors (Lipinski definition) is 2. The van der Waals surface area contributed by atoms with E-state index < -0.39 is 0 Å². The van der Waals surface area contributed by atoms with Gasteiger partial charge in [0.2, 0.25) is 0 Å². The van der Waals surface area contributed by atoms with Gasteiger partial charge in [-0.15, -0.1) is 0 Å². The van der Waals surface area contributed by atoms with Gasteiger partial charge in [0.15, 0.2) is 0 Å². The van der Waals surface area contributed by atoms with E-state index in [0.717, 1.165) is 10.5 Å². The molecule has 2 heteroatoms. The largest absolute Gasteiger partial charge is 0.0910 e. The fraction of sp³-hybridized carbons (Fsp3) is 1.00. The lowest BCUT2D eigenvalue weighted by Crippen LogP contribution is -1.91. The highest BCUT2D eigenvalue weighted by atomic mass is 33.1. The van der Waals surface area contributed by atoms with Crippen LogP contribution in [0.3, 0.4) is 0 Å². The van der Waals surface area contributed by atoms with Gasteiger partial charge in [-0.2, -0.15) is 0 Å². The molecule has 0 rings (SSSR count). The summed E-state index contributed by atoms with van der Waals surface area (Å²) in [6.07, 6.45) is 1.28. The molecular weight excluding hydrogens is 148 g/mol. The van der Waals surface area contributed by atoms with E-state index >= 15 is 0 Å². The Balaban J connectivity index is 3.06. The fourth-order valence-corrected chi connectivity index (χ4v) is 2.47.